The molecular weight excluding hydrogens is 733 g/mol. The first-order valence-corrected chi connectivity index (χ1v) is 24.5. The Balaban J connectivity index is 4.37. The maximum Gasteiger partial charge on any atom is 0.306 e. The highest BCUT2D eigenvalue weighted by molar-refractivity contribution is 5.71. The topological polar surface area (TPSA) is 78.9 Å². The van der Waals surface area contributed by atoms with Gasteiger partial charge in [-0.3, -0.25) is 14.4 Å². The number of carbonyl (C=O) groups is 3. The molecular formula is C53H90O6. The fraction of sp³-hybridized carbons (Fsp3) is 0.717. The van der Waals surface area contributed by atoms with Crippen LogP contribution in [0.1, 0.15) is 226 Å². The SMILES string of the molecule is CC\C=C/C=C\C=C/C=C\CCCCCC(=O)OC(COC(=O)CCC/C=C\CCCCCC)COC(=O)CCCCCCCCC/C=C\CCCCCCCCCC. The molecule has 0 aromatic rings. The van der Waals surface area contributed by atoms with Gasteiger partial charge in [-0.05, 0) is 83.5 Å². The van der Waals surface area contributed by atoms with Crippen molar-refractivity contribution in [2.75, 3.05) is 13.2 Å². The first-order chi connectivity index (χ1) is 29.0. The Hall–Kier alpha value is -3.15. The van der Waals surface area contributed by atoms with Crippen molar-refractivity contribution in [1.29, 1.82) is 0 Å². The van der Waals surface area contributed by atoms with Crippen LogP contribution >= 0.6 is 0 Å². The lowest BCUT2D eigenvalue weighted by molar-refractivity contribution is -0.167. The first kappa shape index (κ1) is 55.9. The van der Waals surface area contributed by atoms with Gasteiger partial charge in [-0.15, -0.1) is 0 Å². The number of hydrogen-bond donors (Lipinski definition) is 0. The Morgan fingerprint density at radius 3 is 1.19 bits per heavy atom. The molecule has 0 saturated carbocycles. The highest BCUT2D eigenvalue weighted by atomic mass is 16.6. The van der Waals surface area contributed by atoms with Crippen LogP contribution in [-0.2, 0) is 28.6 Å². The van der Waals surface area contributed by atoms with Crippen molar-refractivity contribution in [2.45, 2.75) is 232 Å². The summed E-state index contributed by atoms with van der Waals surface area (Å²) in [5.74, 6) is -0.986. The Morgan fingerprint density at radius 1 is 0.356 bits per heavy atom. The highest BCUT2D eigenvalue weighted by Gasteiger charge is 2.19. The molecule has 0 aliphatic heterocycles. The van der Waals surface area contributed by atoms with Gasteiger partial charge in [-0.1, -0.05) is 196 Å². The summed E-state index contributed by atoms with van der Waals surface area (Å²) in [5, 5.41) is 0. The number of hydrogen-bond acceptors (Lipinski definition) is 6. The van der Waals surface area contributed by atoms with Crippen molar-refractivity contribution < 1.29 is 28.6 Å². The largest absolute Gasteiger partial charge is 0.462 e. The molecule has 0 aromatic heterocycles. The van der Waals surface area contributed by atoms with E-state index in [4.69, 9.17) is 14.2 Å². The molecule has 0 saturated heterocycles. The van der Waals surface area contributed by atoms with Crippen molar-refractivity contribution in [3.8, 4) is 0 Å². The molecule has 59 heavy (non-hydrogen) atoms. The molecule has 1 atom stereocenters. The predicted molar refractivity (Wildman–Crippen MR) is 251 cm³/mol. The monoisotopic (exact) mass is 823 g/mol. The normalized spacial score (nSPS) is 12.7. The van der Waals surface area contributed by atoms with Crippen LogP contribution in [0.25, 0.3) is 0 Å². The summed E-state index contributed by atoms with van der Waals surface area (Å²) in [4.78, 5) is 37.7. The standard InChI is InChI=1S/C53H90O6/c1-4-7-10-13-16-19-21-23-24-25-26-27-28-30-31-34-37-40-43-46-52(55)58-49-50(48-57-51(54)45-42-39-36-33-18-15-12-9-6-3)59-53(56)47-44-41-38-35-32-29-22-20-17-14-11-8-5-2/h8,11,14,17,20,22,25-26,29,32-33,36,50H,4-7,9-10,12-13,15-16,18-19,21,23-24,27-28,30-31,34-35,37-49H2,1-3H3/b11-8-,17-14-,22-20-,26-25-,32-29-,36-33-. The second-order valence-electron chi connectivity index (χ2n) is 16.1. The van der Waals surface area contributed by atoms with Crippen LogP contribution in [-0.4, -0.2) is 37.2 Å². The van der Waals surface area contributed by atoms with E-state index >= 15 is 0 Å². The van der Waals surface area contributed by atoms with E-state index in [1.54, 1.807) is 0 Å². The minimum Gasteiger partial charge on any atom is -0.462 e. The maximum absolute atomic E-state index is 12.7. The molecule has 0 fully saturated rings. The van der Waals surface area contributed by atoms with Gasteiger partial charge < -0.3 is 14.2 Å². The number of carbonyl (C=O) groups excluding carboxylic acids is 3. The van der Waals surface area contributed by atoms with Crippen molar-refractivity contribution in [3.63, 3.8) is 0 Å². The smallest absolute Gasteiger partial charge is 0.306 e. The van der Waals surface area contributed by atoms with Gasteiger partial charge in [-0.25, -0.2) is 0 Å². The summed E-state index contributed by atoms with van der Waals surface area (Å²) < 4.78 is 16.7. The predicted octanol–water partition coefficient (Wildman–Crippen LogP) is 15.9. The average molecular weight is 823 g/mol. The molecule has 6 nitrogen and oxygen atoms in total. The van der Waals surface area contributed by atoms with Crippen LogP contribution < -0.4 is 0 Å². The molecule has 338 valence electrons. The number of ether oxygens (including phenoxy) is 3. The number of rotatable bonds is 43. The zero-order chi connectivity index (χ0) is 43.0. The molecule has 0 bridgehead atoms. The zero-order valence-corrected chi connectivity index (χ0v) is 38.5. The van der Waals surface area contributed by atoms with Gasteiger partial charge >= 0.3 is 17.9 Å². The number of allylic oxidation sites excluding steroid dienone is 12. The van der Waals surface area contributed by atoms with Crippen molar-refractivity contribution in [3.05, 3.63) is 72.9 Å². The summed E-state index contributed by atoms with van der Waals surface area (Å²) in [5.41, 5.74) is 0. The first-order valence-electron chi connectivity index (χ1n) is 24.5. The van der Waals surface area contributed by atoms with Crippen LogP contribution in [0.4, 0.5) is 0 Å². The molecule has 0 heterocycles. The molecule has 1 unspecified atom stereocenters. The molecule has 0 N–H and O–H groups in total. The fourth-order valence-electron chi connectivity index (χ4n) is 6.57. The summed E-state index contributed by atoms with van der Waals surface area (Å²) in [7, 11) is 0. The molecule has 0 spiro atoms. The fourth-order valence-corrected chi connectivity index (χ4v) is 6.57. The zero-order valence-electron chi connectivity index (χ0n) is 38.5. The van der Waals surface area contributed by atoms with Gasteiger partial charge in [0.2, 0.25) is 0 Å². The van der Waals surface area contributed by atoms with Gasteiger partial charge in [-0.2, -0.15) is 0 Å². The lowest BCUT2D eigenvalue weighted by Crippen LogP contribution is -2.30. The van der Waals surface area contributed by atoms with E-state index in [1.165, 1.54) is 116 Å². The maximum atomic E-state index is 12.7. The van der Waals surface area contributed by atoms with Crippen LogP contribution in [0.3, 0.4) is 0 Å². The van der Waals surface area contributed by atoms with Crippen LogP contribution in [0, 0.1) is 0 Å². The Morgan fingerprint density at radius 2 is 0.695 bits per heavy atom. The molecule has 6 heteroatoms. The van der Waals surface area contributed by atoms with Gasteiger partial charge in [0.05, 0.1) is 0 Å². The van der Waals surface area contributed by atoms with Crippen LogP contribution in [0.2, 0.25) is 0 Å². The summed E-state index contributed by atoms with van der Waals surface area (Å²) in [6.45, 7) is 6.39. The van der Waals surface area contributed by atoms with Gasteiger partial charge in [0.25, 0.3) is 0 Å². The van der Waals surface area contributed by atoms with E-state index in [1.807, 2.05) is 36.5 Å². The van der Waals surface area contributed by atoms with E-state index < -0.39 is 6.10 Å². The molecule has 0 aliphatic carbocycles. The Bertz CT molecular complexity index is 1130. The third-order valence-electron chi connectivity index (χ3n) is 10.3. The van der Waals surface area contributed by atoms with Gasteiger partial charge in [0, 0.05) is 19.3 Å². The van der Waals surface area contributed by atoms with Crippen molar-refractivity contribution in [1.82, 2.24) is 0 Å². The second kappa shape index (κ2) is 47.5. The lowest BCUT2D eigenvalue weighted by Gasteiger charge is -2.18. The molecule has 0 aromatic carbocycles. The summed E-state index contributed by atoms with van der Waals surface area (Å²) >= 11 is 0. The van der Waals surface area contributed by atoms with E-state index in [2.05, 4.69) is 57.2 Å². The molecule has 0 radical (unpaired) electrons. The third-order valence-corrected chi connectivity index (χ3v) is 10.3. The van der Waals surface area contributed by atoms with E-state index in [-0.39, 0.29) is 37.5 Å². The Kier molecular flexibility index (Phi) is 45.0. The summed E-state index contributed by atoms with van der Waals surface area (Å²) in [6.07, 6.45) is 59.0. The highest BCUT2D eigenvalue weighted by Crippen LogP contribution is 2.14. The number of unbranched alkanes of at least 4 members (excludes halogenated alkanes) is 23. The van der Waals surface area contributed by atoms with Gasteiger partial charge in [0.1, 0.15) is 13.2 Å². The Labute approximate surface area is 363 Å². The van der Waals surface area contributed by atoms with Crippen LogP contribution in [0.15, 0.2) is 72.9 Å². The molecule has 0 amide bonds. The summed E-state index contributed by atoms with van der Waals surface area (Å²) in [6, 6.07) is 0. The quantitative estimate of drug-likeness (QED) is 0.0200. The number of esters is 3. The lowest BCUT2D eigenvalue weighted by atomic mass is 10.1. The minimum absolute atomic E-state index is 0.103. The van der Waals surface area contributed by atoms with Crippen LogP contribution in [0.5, 0.6) is 0 Å². The van der Waals surface area contributed by atoms with Gasteiger partial charge in [0.15, 0.2) is 6.10 Å². The van der Waals surface area contributed by atoms with Crippen molar-refractivity contribution >= 4 is 17.9 Å². The molecule has 0 aliphatic rings. The molecule has 0 rings (SSSR count). The van der Waals surface area contributed by atoms with E-state index in [9.17, 15) is 14.4 Å². The van der Waals surface area contributed by atoms with Crippen molar-refractivity contribution in [2.24, 2.45) is 0 Å². The van der Waals surface area contributed by atoms with E-state index in [0.717, 1.165) is 57.8 Å². The minimum atomic E-state index is -0.806. The average Bonchev–Trinajstić information content (AvgIpc) is 3.23. The van der Waals surface area contributed by atoms with E-state index in [0.29, 0.717) is 25.7 Å². The third kappa shape index (κ3) is 45.8. The second-order valence-corrected chi connectivity index (χ2v) is 16.1.